The molecule has 4 heterocycles. The number of rotatable bonds is 18. The lowest BCUT2D eigenvalue weighted by Gasteiger charge is -2.66. The van der Waals surface area contributed by atoms with Crippen LogP contribution in [-0.4, -0.2) is 151 Å². The summed E-state index contributed by atoms with van der Waals surface area (Å²) in [6.45, 7) is 1.80. The van der Waals surface area contributed by atoms with Gasteiger partial charge in [-0.05, 0) is 72.8 Å². The number of aromatic carboxylic acids is 6. The van der Waals surface area contributed by atoms with Crippen LogP contribution in [0.3, 0.4) is 0 Å². The summed E-state index contributed by atoms with van der Waals surface area (Å²) >= 11 is 0. The standard InChI is InChI=1S/C40H36N4O16/c45-35(46)25-3-1-5-31(9-25)57-21-41-15-42(22-58-32-6-2-4-26(10-32)36(47)48)18-43(16-41,23-59-33-11-27(37(49)50)7-28(12-33)38(51)52)20-44(17-41,19-42)24-60-34-13-29(39(53)54)8-30(14-34)40(55)56/h1-14H,15-24H2,(H2-4,45,46,47,48,49,50,51,52,53,54,55,56)/p+4. The van der Waals surface area contributed by atoms with Gasteiger partial charge in [0.15, 0.2) is 0 Å². The Balaban J connectivity index is 1.29. The predicted molar refractivity (Wildman–Crippen MR) is 200 cm³/mol. The van der Waals surface area contributed by atoms with E-state index in [1.54, 1.807) is 24.3 Å². The van der Waals surface area contributed by atoms with Crippen molar-refractivity contribution in [2.24, 2.45) is 0 Å². The van der Waals surface area contributed by atoms with Crippen molar-refractivity contribution in [1.29, 1.82) is 0 Å². The number of quaternary nitrogens is 4. The van der Waals surface area contributed by atoms with Crippen molar-refractivity contribution in [2.45, 2.75) is 0 Å². The number of nitrogens with zero attached hydrogens (tertiary/aromatic N) is 4. The van der Waals surface area contributed by atoms with E-state index in [1.165, 1.54) is 48.5 Å². The van der Waals surface area contributed by atoms with Gasteiger partial charge >= 0.3 is 35.8 Å². The zero-order chi connectivity index (χ0) is 43.0. The predicted octanol–water partition coefficient (Wildman–Crippen LogP) is 3.37. The second-order valence-electron chi connectivity index (χ2n) is 15.7. The van der Waals surface area contributed by atoms with Gasteiger partial charge in [0, 0.05) is 0 Å². The van der Waals surface area contributed by atoms with Gasteiger partial charge in [-0.15, -0.1) is 0 Å². The third-order valence-electron chi connectivity index (χ3n) is 10.6. The summed E-state index contributed by atoms with van der Waals surface area (Å²) in [6.07, 6.45) is 0. The number of benzene rings is 4. The van der Waals surface area contributed by atoms with Crippen molar-refractivity contribution in [3.05, 3.63) is 118 Å². The fourth-order valence-electron chi connectivity index (χ4n) is 8.99. The molecular formula is C40H40N4O16+4. The van der Waals surface area contributed by atoms with Crippen molar-refractivity contribution in [3.63, 3.8) is 0 Å². The van der Waals surface area contributed by atoms with Crippen molar-refractivity contribution < 1.29 is 96.3 Å². The second kappa shape index (κ2) is 15.5. The van der Waals surface area contributed by atoms with Gasteiger partial charge in [0.2, 0.25) is 66.9 Å². The van der Waals surface area contributed by atoms with E-state index in [1.807, 2.05) is 0 Å². The Hall–Kier alpha value is -7.26. The van der Waals surface area contributed by atoms with Gasteiger partial charge in [-0.25, -0.2) is 28.8 Å². The molecule has 8 rings (SSSR count). The Kier molecular flexibility index (Phi) is 10.6. The summed E-state index contributed by atoms with van der Waals surface area (Å²) in [4.78, 5) is 71.4. The summed E-state index contributed by atoms with van der Waals surface area (Å²) in [5, 5.41) is 58.2. The fraction of sp³-hybridized carbons (Fsp3) is 0.250. The van der Waals surface area contributed by atoms with Gasteiger partial charge in [0.05, 0.1) is 33.4 Å². The molecule has 4 aliphatic heterocycles. The molecule has 0 unspecified atom stereocenters. The van der Waals surface area contributed by atoms with Crippen LogP contribution in [0.4, 0.5) is 0 Å². The molecule has 4 aromatic carbocycles. The minimum Gasteiger partial charge on any atom is -0.478 e. The van der Waals surface area contributed by atoms with Crippen LogP contribution in [0.1, 0.15) is 62.1 Å². The van der Waals surface area contributed by atoms with Gasteiger partial charge < -0.3 is 49.6 Å². The number of carboxylic acids is 6. The molecule has 4 saturated heterocycles. The van der Waals surface area contributed by atoms with Crippen molar-refractivity contribution in [2.75, 3.05) is 66.9 Å². The lowest BCUT2D eigenvalue weighted by molar-refractivity contribution is -1.44. The number of carbonyl (C=O) groups is 6. The van der Waals surface area contributed by atoms with Crippen LogP contribution in [0.2, 0.25) is 0 Å². The molecular weight excluding hydrogens is 792 g/mol. The van der Waals surface area contributed by atoms with Crippen LogP contribution >= 0.6 is 0 Å². The highest BCUT2D eigenvalue weighted by molar-refractivity contribution is 5.95. The number of ether oxygens (including phenoxy) is 4. The molecule has 0 aromatic heterocycles. The molecule has 4 aliphatic rings. The van der Waals surface area contributed by atoms with Crippen LogP contribution in [0.25, 0.3) is 0 Å². The molecule has 4 fully saturated rings. The summed E-state index contributed by atoms with van der Waals surface area (Å²) in [6, 6.07) is 18.9. The average Bonchev–Trinajstić information content (AvgIpc) is 3.20. The molecule has 20 heteroatoms. The molecule has 0 atom stereocenters. The zero-order valence-electron chi connectivity index (χ0n) is 31.7. The van der Waals surface area contributed by atoms with Crippen LogP contribution in [0.15, 0.2) is 84.9 Å². The van der Waals surface area contributed by atoms with E-state index in [2.05, 4.69) is 0 Å². The molecule has 4 aromatic rings. The zero-order valence-corrected chi connectivity index (χ0v) is 31.7. The molecule has 0 aliphatic carbocycles. The number of hydrogen-bond donors (Lipinski definition) is 6. The van der Waals surface area contributed by atoms with E-state index in [0.717, 1.165) is 12.1 Å². The topological polar surface area (TPSA) is 261 Å². The maximum absolute atomic E-state index is 11.9. The first-order valence-corrected chi connectivity index (χ1v) is 18.2. The van der Waals surface area contributed by atoms with Crippen molar-refractivity contribution >= 4 is 35.8 Å². The SMILES string of the molecule is O=C(O)c1cccc(OC[N+]23C[N+]4(COc5cccc(C(=O)O)c5)C[N+](COc5cc(C(=O)O)cc(C(=O)O)c5)(C2)C[N+](COc2cc(C(=O)O)cc(C(=O)O)c2)(C3)C4)c1. The second-order valence-corrected chi connectivity index (χ2v) is 15.7. The monoisotopic (exact) mass is 832 g/mol. The minimum absolute atomic E-state index is 0.00435. The summed E-state index contributed by atoms with van der Waals surface area (Å²) in [7, 11) is 0. The van der Waals surface area contributed by atoms with E-state index in [4.69, 9.17) is 18.9 Å². The van der Waals surface area contributed by atoms with E-state index < -0.39 is 35.8 Å². The van der Waals surface area contributed by atoms with Gasteiger partial charge in [0.1, 0.15) is 23.0 Å². The quantitative estimate of drug-likeness (QED) is 0.0786. The maximum Gasteiger partial charge on any atom is 0.335 e. The Labute approximate surface area is 339 Å². The Morgan fingerprint density at radius 3 is 0.833 bits per heavy atom. The largest absolute Gasteiger partial charge is 0.478 e. The Morgan fingerprint density at radius 2 is 0.583 bits per heavy atom. The van der Waals surface area contributed by atoms with Crippen molar-refractivity contribution in [1.82, 2.24) is 0 Å². The first kappa shape index (κ1) is 40.9. The first-order chi connectivity index (χ1) is 28.4. The Morgan fingerprint density at radius 1 is 0.350 bits per heavy atom. The number of carboxylic acid groups (broad SMARTS) is 6. The Bertz CT molecular complexity index is 2190. The van der Waals surface area contributed by atoms with Crippen LogP contribution in [0, 0.1) is 0 Å². The third kappa shape index (κ3) is 8.61. The highest BCUT2D eigenvalue weighted by atomic mass is 16.5. The highest BCUT2D eigenvalue weighted by Gasteiger charge is 2.74. The summed E-state index contributed by atoms with van der Waals surface area (Å²) in [5.74, 6) is -7.23. The third-order valence-corrected chi connectivity index (χ3v) is 10.6. The van der Waals surface area contributed by atoms with Crippen LogP contribution < -0.4 is 18.9 Å². The molecule has 4 bridgehead atoms. The van der Waals surface area contributed by atoms with Crippen LogP contribution in [0.5, 0.6) is 23.0 Å². The molecule has 0 radical (unpaired) electrons. The lowest BCUT2D eigenvalue weighted by Crippen LogP contribution is -2.95. The molecule has 0 amide bonds. The van der Waals surface area contributed by atoms with Gasteiger partial charge in [-0.1, -0.05) is 12.1 Å². The molecule has 6 N–H and O–H groups in total. The van der Waals surface area contributed by atoms with Crippen LogP contribution in [-0.2, 0) is 0 Å². The van der Waals surface area contributed by atoms with E-state index in [0.29, 0.717) is 40.0 Å². The molecule has 20 nitrogen and oxygen atoms in total. The van der Waals surface area contributed by atoms with E-state index >= 15 is 0 Å². The first-order valence-electron chi connectivity index (χ1n) is 18.2. The van der Waals surface area contributed by atoms with E-state index in [9.17, 15) is 59.4 Å². The molecule has 312 valence electrons. The summed E-state index contributed by atoms with van der Waals surface area (Å²) in [5.41, 5.74) is -1.21. The highest BCUT2D eigenvalue weighted by Crippen LogP contribution is 2.44. The smallest absolute Gasteiger partial charge is 0.335 e. The lowest BCUT2D eigenvalue weighted by atomic mass is 10.1. The molecule has 0 saturated carbocycles. The molecule has 60 heavy (non-hydrogen) atoms. The van der Waals surface area contributed by atoms with Crippen molar-refractivity contribution in [3.8, 4) is 23.0 Å². The molecule has 0 spiro atoms. The van der Waals surface area contributed by atoms with Gasteiger partial charge in [0.25, 0.3) is 0 Å². The minimum atomic E-state index is -1.36. The van der Waals surface area contributed by atoms with E-state index in [-0.39, 0.29) is 101 Å². The summed E-state index contributed by atoms with van der Waals surface area (Å²) < 4.78 is 25.9. The fourth-order valence-corrected chi connectivity index (χ4v) is 8.99. The maximum atomic E-state index is 11.9. The average molecular weight is 833 g/mol. The van der Waals surface area contributed by atoms with Gasteiger partial charge in [-0.2, -0.15) is 17.9 Å². The normalized spacial score (nSPS) is 23.6. The van der Waals surface area contributed by atoms with Gasteiger partial charge in [-0.3, -0.25) is 0 Å². The number of hydrogen-bond acceptors (Lipinski definition) is 10.